The Balaban J connectivity index is 1.52. The molecule has 0 spiro atoms. The van der Waals surface area contributed by atoms with Crippen molar-refractivity contribution in [2.75, 3.05) is 25.1 Å². The maximum Gasteiger partial charge on any atom is 0.147 e. The number of para-hydroxylation sites is 1. The van der Waals surface area contributed by atoms with E-state index in [2.05, 4.69) is 35.2 Å². The first-order valence-corrected chi connectivity index (χ1v) is 12.5. The largest absolute Gasteiger partial charge is 0.495 e. The van der Waals surface area contributed by atoms with Crippen LogP contribution >= 0.6 is 0 Å². The molecule has 0 atom stereocenters. The van der Waals surface area contributed by atoms with E-state index in [-0.39, 0.29) is 0 Å². The zero-order chi connectivity index (χ0) is 26.4. The van der Waals surface area contributed by atoms with Gasteiger partial charge in [0.1, 0.15) is 11.5 Å². The molecular weight excluding hydrogens is 458 g/mol. The zero-order valence-corrected chi connectivity index (χ0v) is 22.0. The number of hydrogen-bond acceptors (Lipinski definition) is 5. The van der Waals surface area contributed by atoms with Gasteiger partial charge in [-0.3, -0.25) is 9.78 Å². The standard InChI is InChI=1S/C32H31N3O2/c1-31(2)19-35(20-32(3,4)30(31)36)24-15-13-23(14-16-24)27-18-34-28-25(7-6-8-26(28)29(27)37-5)22-11-9-21(17-33)10-12-22/h6-16,18H,19-20H2,1-5H3. The van der Waals surface area contributed by atoms with Gasteiger partial charge in [0, 0.05) is 52.3 Å². The van der Waals surface area contributed by atoms with E-state index in [0.29, 0.717) is 24.4 Å². The third kappa shape index (κ3) is 4.34. The number of nitrogens with zero attached hydrogens (tertiary/aromatic N) is 3. The van der Waals surface area contributed by atoms with E-state index in [1.165, 1.54) is 0 Å². The molecule has 4 aromatic rings. The van der Waals surface area contributed by atoms with Crippen molar-refractivity contribution in [1.29, 1.82) is 5.26 Å². The van der Waals surface area contributed by atoms with Crippen LogP contribution in [0.4, 0.5) is 5.69 Å². The fourth-order valence-electron chi connectivity index (χ4n) is 5.69. The third-order valence-corrected chi connectivity index (χ3v) is 7.32. The topological polar surface area (TPSA) is 66.2 Å². The van der Waals surface area contributed by atoms with Crippen molar-refractivity contribution in [1.82, 2.24) is 4.98 Å². The molecule has 1 aliphatic rings. The Hall–Kier alpha value is -4.17. The minimum absolute atomic E-state index is 0.320. The number of rotatable bonds is 4. The highest BCUT2D eigenvalue weighted by atomic mass is 16.5. The molecule has 37 heavy (non-hydrogen) atoms. The van der Waals surface area contributed by atoms with Gasteiger partial charge in [0.2, 0.25) is 0 Å². The summed E-state index contributed by atoms with van der Waals surface area (Å²) in [5, 5.41) is 10.1. The van der Waals surface area contributed by atoms with Crippen molar-refractivity contribution in [2.45, 2.75) is 27.7 Å². The number of aromatic nitrogens is 1. The van der Waals surface area contributed by atoms with Gasteiger partial charge in [-0.05, 0) is 41.5 Å². The summed E-state index contributed by atoms with van der Waals surface area (Å²) in [7, 11) is 1.69. The second-order valence-corrected chi connectivity index (χ2v) is 11.1. The summed E-state index contributed by atoms with van der Waals surface area (Å²) in [6.07, 6.45) is 1.87. The Morgan fingerprint density at radius 1 is 0.865 bits per heavy atom. The predicted molar refractivity (Wildman–Crippen MR) is 149 cm³/mol. The minimum Gasteiger partial charge on any atom is -0.495 e. The van der Waals surface area contributed by atoms with E-state index in [1.54, 1.807) is 7.11 Å². The Labute approximate surface area is 218 Å². The molecule has 1 fully saturated rings. The predicted octanol–water partition coefficient (Wildman–Crippen LogP) is 6.89. The third-order valence-electron chi connectivity index (χ3n) is 7.32. The molecule has 1 saturated heterocycles. The zero-order valence-electron chi connectivity index (χ0n) is 22.0. The van der Waals surface area contributed by atoms with Crippen LogP contribution in [-0.2, 0) is 4.79 Å². The van der Waals surface area contributed by atoms with E-state index in [1.807, 2.05) is 76.4 Å². The van der Waals surface area contributed by atoms with Crippen LogP contribution in [0, 0.1) is 22.2 Å². The van der Waals surface area contributed by atoms with Crippen LogP contribution in [0.5, 0.6) is 5.75 Å². The highest BCUT2D eigenvalue weighted by Gasteiger charge is 2.45. The summed E-state index contributed by atoms with van der Waals surface area (Å²) in [6.45, 7) is 9.55. The molecule has 0 amide bonds. The van der Waals surface area contributed by atoms with Gasteiger partial charge >= 0.3 is 0 Å². The van der Waals surface area contributed by atoms with Gasteiger partial charge < -0.3 is 9.64 Å². The van der Waals surface area contributed by atoms with Crippen molar-refractivity contribution in [3.05, 3.63) is 78.5 Å². The number of benzene rings is 3. The Morgan fingerprint density at radius 3 is 2.05 bits per heavy atom. The van der Waals surface area contributed by atoms with Crippen molar-refractivity contribution in [3.63, 3.8) is 0 Å². The van der Waals surface area contributed by atoms with Crippen LogP contribution in [0.2, 0.25) is 0 Å². The summed E-state index contributed by atoms with van der Waals surface area (Å²) in [6, 6.07) is 24.2. The maximum absolute atomic E-state index is 12.8. The Bertz CT molecular complexity index is 1510. The van der Waals surface area contributed by atoms with Crippen LogP contribution in [0.15, 0.2) is 72.9 Å². The molecule has 186 valence electrons. The number of hydrogen-bond donors (Lipinski definition) is 0. The van der Waals surface area contributed by atoms with Crippen molar-refractivity contribution in [2.24, 2.45) is 10.8 Å². The average Bonchev–Trinajstić information content (AvgIpc) is 2.90. The molecule has 0 unspecified atom stereocenters. The lowest BCUT2D eigenvalue weighted by molar-refractivity contribution is -0.137. The van der Waals surface area contributed by atoms with Crippen LogP contribution in [0.1, 0.15) is 33.3 Å². The number of methoxy groups -OCH3 is 1. The summed E-state index contributed by atoms with van der Waals surface area (Å²) in [4.78, 5) is 20.0. The Kier molecular flexibility index (Phi) is 6.00. The number of anilines is 1. The molecule has 0 N–H and O–H groups in total. The summed E-state index contributed by atoms with van der Waals surface area (Å²) >= 11 is 0. The van der Waals surface area contributed by atoms with Crippen LogP contribution < -0.4 is 9.64 Å². The molecule has 0 saturated carbocycles. The maximum atomic E-state index is 12.8. The second kappa shape index (κ2) is 9.05. The lowest BCUT2D eigenvalue weighted by atomic mass is 9.69. The van der Waals surface area contributed by atoms with Gasteiger partial charge in [0.25, 0.3) is 0 Å². The first-order chi connectivity index (χ1) is 17.6. The van der Waals surface area contributed by atoms with Gasteiger partial charge in [-0.15, -0.1) is 0 Å². The SMILES string of the molecule is COc1c(-c2ccc(N3CC(C)(C)C(=O)C(C)(C)C3)cc2)cnc2c(-c3ccc(C#N)cc3)cccc12. The summed E-state index contributed by atoms with van der Waals surface area (Å²) in [5.74, 6) is 1.10. The molecule has 5 heteroatoms. The minimum atomic E-state index is -0.390. The monoisotopic (exact) mass is 489 g/mol. The molecule has 1 aromatic heterocycles. The number of nitriles is 1. The number of piperidine rings is 1. The van der Waals surface area contributed by atoms with Crippen molar-refractivity contribution < 1.29 is 9.53 Å². The van der Waals surface area contributed by atoms with E-state index >= 15 is 0 Å². The number of carbonyl (C=O) groups is 1. The highest BCUT2D eigenvalue weighted by Crippen LogP contribution is 2.41. The number of Topliss-reactive ketones (excluding diaryl/α,β-unsaturated/α-hetero) is 1. The molecular formula is C32H31N3O2. The van der Waals surface area contributed by atoms with Crippen LogP contribution in [0.3, 0.4) is 0 Å². The highest BCUT2D eigenvalue weighted by molar-refractivity contribution is 6.00. The lowest BCUT2D eigenvalue weighted by Gasteiger charge is -2.46. The normalized spacial score (nSPS) is 16.4. The first kappa shape index (κ1) is 24.5. The number of ketones is 1. The molecule has 0 radical (unpaired) electrons. The number of carbonyl (C=O) groups excluding carboxylic acids is 1. The van der Waals surface area contributed by atoms with Gasteiger partial charge in [-0.25, -0.2) is 0 Å². The number of pyridine rings is 1. The van der Waals surface area contributed by atoms with Gasteiger partial charge in [-0.1, -0.05) is 64.1 Å². The van der Waals surface area contributed by atoms with Crippen LogP contribution in [-0.4, -0.2) is 31.0 Å². The fraction of sp³-hybridized carbons (Fsp3) is 0.281. The molecule has 5 nitrogen and oxygen atoms in total. The first-order valence-electron chi connectivity index (χ1n) is 12.5. The van der Waals surface area contributed by atoms with E-state index < -0.39 is 10.8 Å². The average molecular weight is 490 g/mol. The van der Waals surface area contributed by atoms with E-state index in [4.69, 9.17) is 15.0 Å². The molecule has 1 aliphatic heterocycles. The Morgan fingerprint density at radius 2 is 1.46 bits per heavy atom. The van der Waals surface area contributed by atoms with Crippen molar-refractivity contribution in [3.8, 4) is 34.1 Å². The number of ether oxygens (including phenoxy) is 1. The van der Waals surface area contributed by atoms with E-state index in [0.717, 1.165) is 44.6 Å². The van der Waals surface area contributed by atoms with Crippen molar-refractivity contribution >= 4 is 22.4 Å². The van der Waals surface area contributed by atoms with E-state index in [9.17, 15) is 4.79 Å². The second-order valence-electron chi connectivity index (χ2n) is 11.1. The summed E-state index contributed by atoms with van der Waals surface area (Å²) in [5.41, 5.74) is 5.74. The number of fused-ring (bicyclic) bond motifs is 1. The fourth-order valence-corrected chi connectivity index (χ4v) is 5.69. The quantitative estimate of drug-likeness (QED) is 0.312. The van der Waals surface area contributed by atoms with Gasteiger partial charge in [0.05, 0.1) is 24.3 Å². The molecule has 0 bridgehead atoms. The molecule has 2 heterocycles. The van der Waals surface area contributed by atoms with Gasteiger partial charge in [0.15, 0.2) is 0 Å². The van der Waals surface area contributed by atoms with Crippen LogP contribution in [0.25, 0.3) is 33.2 Å². The van der Waals surface area contributed by atoms with Gasteiger partial charge in [-0.2, -0.15) is 5.26 Å². The smallest absolute Gasteiger partial charge is 0.147 e. The molecule has 5 rings (SSSR count). The molecule has 3 aromatic carbocycles. The lowest BCUT2D eigenvalue weighted by Crippen LogP contribution is -2.55. The summed E-state index contributed by atoms with van der Waals surface area (Å²) < 4.78 is 5.92. The molecule has 0 aliphatic carbocycles.